The number of nitrogen functional groups attached to an aromatic ring is 1. The van der Waals surface area contributed by atoms with Crippen LogP contribution in [0.5, 0.6) is 0 Å². The van der Waals surface area contributed by atoms with Gasteiger partial charge in [-0.2, -0.15) is 11.8 Å². The van der Waals surface area contributed by atoms with Crippen molar-refractivity contribution in [2.24, 2.45) is 5.73 Å². The van der Waals surface area contributed by atoms with Gasteiger partial charge in [-0.25, -0.2) is 4.98 Å². The van der Waals surface area contributed by atoms with Crippen LogP contribution < -0.4 is 16.8 Å². The minimum atomic E-state index is -0.541. The van der Waals surface area contributed by atoms with E-state index in [1.807, 2.05) is 6.26 Å². The minimum Gasteiger partial charge on any atom is -0.397 e. The molecule has 5 nitrogen and oxygen atoms in total. The summed E-state index contributed by atoms with van der Waals surface area (Å²) in [5.74, 6) is 0.0739. The fourth-order valence-corrected chi connectivity index (χ4v) is 1.36. The fourth-order valence-electron chi connectivity index (χ4n) is 1.11. The SMILES string of the molecule is CSC(C)CNc1cc(C(N)=O)c(N)cn1. The van der Waals surface area contributed by atoms with Gasteiger partial charge in [0, 0.05) is 11.8 Å². The van der Waals surface area contributed by atoms with Gasteiger partial charge in [-0.3, -0.25) is 4.79 Å². The van der Waals surface area contributed by atoms with Gasteiger partial charge in [0.1, 0.15) is 5.82 Å². The summed E-state index contributed by atoms with van der Waals surface area (Å²) in [6.45, 7) is 2.88. The van der Waals surface area contributed by atoms with E-state index < -0.39 is 5.91 Å². The normalized spacial score (nSPS) is 12.1. The molecule has 1 rings (SSSR count). The molecule has 1 heterocycles. The van der Waals surface area contributed by atoms with E-state index >= 15 is 0 Å². The number of nitrogens with one attached hydrogen (secondary N) is 1. The largest absolute Gasteiger partial charge is 0.397 e. The van der Waals surface area contributed by atoms with Crippen LogP contribution in [-0.4, -0.2) is 28.9 Å². The molecule has 5 N–H and O–H groups in total. The van der Waals surface area contributed by atoms with Crippen LogP contribution in [0.1, 0.15) is 17.3 Å². The number of hydrogen-bond donors (Lipinski definition) is 3. The van der Waals surface area contributed by atoms with Crippen LogP contribution in [0, 0.1) is 0 Å². The second-order valence-corrected chi connectivity index (χ2v) is 4.72. The summed E-state index contributed by atoms with van der Waals surface area (Å²) in [4.78, 5) is 15.1. The van der Waals surface area contributed by atoms with E-state index in [0.717, 1.165) is 6.54 Å². The molecule has 88 valence electrons. The summed E-state index contributed by atoms with van der Waals surface area (Å²) in [5.41, 5.74) is 11.4. The molecule has 0 bridgehead atoms. The summed E-state index contributed by atoms with van der Waals surface area (Å²) < 4.78 is 0. The molecule has 0 aliphatic carbocycles. The molecule has 0 aliphatic rings. The molecule has 0 radical (unpaired) electrons. The Hall–Kier alpha value is -1.43. The summed E-state index contributed by atoms with van der Waals surface area (Å²) >= 11 is 1.75. The Morgan fingerprint density at radius 1 is 1.69 bits per heavy atom. The van der Waals surface area contributed by atoms with Gasteiger partial charge in [0.05, 0.1) is 17.4 Å². The van der Waals surface area contributed by atoms with Gasteiger partial charge in [0.2, 0.25) is 0 Å². The topological polar surface area (TPSA) is 94.0 Å². The Kier molecular flexibility index (Phi) is 4.42. The molecular formula is C10H16N4OS. The van der Waals surface area contributed by atoms with Crippen LogP contribution in [0.2, 0.25) is 0 Å². The van der Waals surface area contributed by atoms with Crippen LogP contribution in [0.15, 0.2) is 12.3 Å². The fraction of sp³-hybridized carbons (Fsp3) is 0.400. The number of amides is 1. The highest BCUT2D eigenvalue weighted by Gasteiger charge is 2.08. The molecule has 0 aromatic carbocycles. The van der Waals surface area contributed by atoms with Crippen molar-refractivity contribution < 1.29 is 4.79 Å². The molecule has 1 aromatic rings. The van der Waals surface area contributed by atoms with Crippen molar-refractivity contribution in [1.29, 1.82) is 0 Å². The van der Waals surface area contributed by atoms with Crippen molar-refractivity contribution in [2.75, 3.05) is 23.9 Å². The highest BCUT2D eigenvalue weighted by atomic mass is 32.2. The first-order valence-corrected chi connectivity index (χ1v) is 6.15. The van der Waals surface area contributed by atoms with Crippen molar-refractivity contribution in [2.45, 2.75) is 12.2 Å². The summed E-state index contributed by atoms with van der Waals surface area (Å²) in [6.07, 6.45) is 3.48. The van der Waals surface area contributed by atoms with Gasteiger partial charge in [-0.15, -0.1) is 0 Å². The number of nitrogens with two attached hydrogens (primary N) is 2. The van der Waals surface area contributed by atoms with Crippen molar-refractivity contribution in [3.05, 3.63) is 17.8 Å². The first kappa shape index (κ1) is 12.6. The third-order valence-corrected chi connectivity index (χ3v) is 3.14. The number of primary amides is 1. The lowest BCUT2D eigenvalue weighted by molar-refractivity contribution is 0.100. The summed E-state index contributed by atoms with van der Waals surface area (Å²) in [5, 5.41) is 3.59. The molecular weight excluding hydrogens is 224 g/mol. The first-order valence-electron chi connectivity index (χ1n) is 4.86. The lowest BCUT2D eigenvalue weighted by Crippen LogP contribution is -2.17. The average molecular weight is 240 g/mol. The number of pyridine rings is 1. The predicted molar refractivity (Wildman–Crippen MR) is 68.6 cm³/mol. The first-order chi connectivity index (χ1) is 7.54. The highest BCUT2D eigenvalue weighted by Crippen LogP contribution is 2.15. The molecule has 0 fully saturated rings. The molecule has 1 aromatic heterocycles. The number of carbonyl (C=O) groups is 1. The Labute approximate surface area is 99.0 Å². The van der Waals surface area contributed by atoms with Crippen LogP contribution in [-0.2, 0) is 0 Å². The van der Waals surface area contributed by atoms with E-state index in [9.17, 15) is 4.79 Å². The van der Waals surface area contributed by atoms with Gasteiger partial charge in [0.15, 0.2) is 0 Å². The van der Waals surface area contributed by atoms with Crippen LogP contribution in [0.25, 0.3) is 0 Å². The molecule has 1 atom stereocenters. The Bertz CT molecular complexity index is 383. The quantitative estimate of drug-likeness (QED) is 0.711. The maximum atomic E-state index is 11.1. The number of nitrogens with zero attached hydrogens (tertiary/aromatic N) is 1. The number of thioether (sulfide) groups is 1. The number of hydrogen-bond acceptors (Lipinski definition) is 5. The second-order valence-electron chi connectivity index (χ2n) is 3.45. The summed E-state index contributed by atoms with van der Waals surface area (Å²) in [7, 11) is 0. The smallest absolute Gasteiger partial charge is 0.250 e. The molecule has 0 saturated heterocycles. The highest BCUT2D eigenvalue weighted by molar-refractivity contribution is 7.99. The Morgan fingerprint density at radius 2 is 2.38 bits per heavy atom. The van der Waals surface area contributed by atoms with E-state index in [1.165, 1.54) is 6.20 Å². The standard InChI is InChI=1S/C10H16N4OS/c1-6(16-2)4-13-9-3-7(10(12)15)8(11)5-14-9/h3,5-6H,4,11H2,1-2H3,(H2,12,15)(H,13,14). The molecule has 16 heavy (non-hydrogen) atoms. The molecule has 1 amide bonds. The maximum absolute atomic E-state index is 11.1. The molecule has 0 aliphatic heterocycles. The lowest BCUT2D eigenvalue weighted by atomic mass is 10.2. The van der Waals surface area contributed by atoms with Gasteiger partial charge in [0.25, 0.3) is 5.91 Å². The number of aromatic nitrogens is 1. The van der Waals surface area contributed by atoms with E-state index in [2.05, 4.69) is 17.2 Å². The maximum Gasteiger partial charge on any atom is 0.250 e. The molecule has 6 heteroatoms. The van der Waals surface area contributed by atoms with Crippen LogP contribution >= 0.6 is 11.8 Å². The molecule has 0 spiro atoms. The lowest BCUT2D eigenvalue weighted by Gasteiger charge is -2.11. The van der Waals surface area contributed by atoms with Crippen molar-refractivity contribution in [3.8, 4) is 0 Å². The van der Waals surface area contributed by atoms with Crippen molar-refractivity contribution in [3.63, 3.8) is 0 Å². The third kappa shape index (κ3) is 3.30. The van der Waals surface area contributed by atoms with Gasteiger partial charge < -0.3 is 16.8 Å². The van der Waals surface area contributed by atoms with E-state index in [-0.39, 0.29) is 0 Å². The molecule has 1 unspecified atom stereocenters. The van der Waals surface area contributed by atoms with Gasteiger partial charge in [-0.1, -0.05) is 6.92 Å². The number of carbonyl (C=O) groups excluding carboxylic acids is 1. The summed E-state index contributed by atoms with van der Waals surface area (Å²) in [6, 6.07) is 1.57. The monoisotopic (exact) mass is 240 g/mol. The number of rotatable bonds is 5. The van der Waals surface area contributed by atoms with Crippen molar-refractivity contribution in [1.82, 2.24) is 4.98 Å². The Morgan fingerprint density at radius 3 is 2.94 bits per heavy atom. The van der Waals surface area contributed by atoms with Gasteiger partial charge >= 0.3 is 0 Å². The molecule has 0 saturated carbocycles. The van der Waals surface area contributed by atoms with E-state index in [4.69, 9.17) is 11.5 Å². The van der Waals surface area contributed by atoms with Crippen LogP contribution in [0.3, 0.4) is 0 Å². The van der Waals surface area contributed by atoms with E-state index in [1.54, 1.807) is 17.8 Å². The van der Waals surface area contributed by atoms with Crippen LogP contribution in [0.4, 0.5) is 11.5 Å². The van der Waals surface area contributed by atoms with E-state index in [0.29, 0.717) is 22.3 Å². The minimum absolute atomic E-state index is 0.300. The second kappa shape index (κ2) is 5.60. The average Bonchev–Trinajstić information content (AvgIpc) is 2.27. The number of anilines is 2. The van der Waals surface area contributed by atoms with Gasteiger partial charge in [-0.05, 0) is 12.3 Å². The zero-order valence-corrected chi connectivity index (χ0v) is 10.2. The zero-order valence-electron chi connectivity index (χ0n) is 9.36. The zero-order chi connectivity index (χ0) is 12.1. The third-order valence-electron chi connectivity index (χ3n) is 2.17. The van der Waals surface area contributed by atoms with Crippen molar-refractivity contribution >= 4 is 29.2 Å². The predicted octanol–water partition coefficient (Wildman–Crippen LogP) is 0.926. The Balaban J connectivity index is 2.75.